The van der Waals surface area contributed by atoms with E-state index in [1.54, 1.807) is 19.1 Å². The van der Waals surface area contributed by atoms with Gasteiger partial charge in [-0.05, 0) is 92.5 Å². The minimum atomic E-state index is -3.82. The number of aromatic nitrogens is 5. The minimum absolute atomic E-state index is 0.0674. The Hall–Kier alpha value is -4.86. The molecule has 0 spiro atoms. The highest BCUT2D eigenvalue weighted by Crippen LogP contribution is 2.30. The zero-order valence-electron chi connectivity index (χ0n) is 28.2. The molecule has 2 aromatic heterocycles. The number of aryl methyl sites for hydroxylation is 1. The third kappa shape index (κ3) is 9.90. The maximum atomic E-state index is 13.1. The first-order valence-corrected chi connectivity index (χ1v) is 19.3. The van der Waals surface area contributed by atoms with Crippen molar-refractivity contribution in [2.75, 3.05) is 32.5 Å². The lowest BCUT2D eigenvalue weighted by molar-refractivity contribution is -0.121. The number of anilines is 5. The van der Waals surface area contributed by atoms with Crippen LogP contribution < -0.4 is 26.0 Å². The van der Waals surface area contributed by atoms with Crippen LogP contribution in [0, 0.1) is 25.7 Å². The van der Waals surface area contributed by atoms with Crippen molar-refractivity contribution in [1.29, 1.82) is 0 Å². The van der Waals surface area contributed by atoms with Gasteiger partial charge in [0, 0.05) is 36.3 Å². The average Bonchev–Trinajstić information content (AvgIpc) is 3.54. The molecule has 0 radical (unpaired) electrons. The van der Waals surface area contributed by atoms with E-state index in [1.807, 2.05) is 55.5 Å². The predicted octanol–water partition coefficient (Wildman–Crippen LogP) is 6.88. The molecule has 5 aromatic rings. The summed E-state index contributed by atoms with van der Waals surface area (Å²) in [6.07, 6.45) is 3.20. The van der Waals surface area contributed by atoms with Crippen LogP contribution in [0.4, 0.5) is 28.7 Å². The number of halogens is 1. The Morgan fingerprint density at radius 2 is 1.47 bits per heavy atom. The van der Waals surface area contributed by atoms with Gasteiger partial charge in [-0.1, -0.05) is 65.4 Å². The van der Waals surface area contributed by atoms with Crippen LogP contribution in [0.1, 0.15) is 47.4 Å². The fourth-order valence-corrected chi connectivity index (χ4v) is 7.76. The van der Waals surface area contributed by atoms with Crippen molar-refractivity contribution in [2.45, 2.75) is 57.5 Å². The molecule has 0 bridgehead atoms. The fraction of sp³-hybridized carbons (Fsp3) is 0.314. The van der Waals surface area contributed by atoms with Gasteiger partial charge in [-0.3, -0.25) is 9.52 Å². The smallest absolute Gasteiger partial charge is 0.263 e. The highest BCUT2D eigenvalue weighted by Gasteiger charge is 2.27. The molecule has 1 fully saturated rings. The average molecular weight is 747 g/mol. The first-order chi connectivity index (χ1) is 24.6. The first kappa shape index (κ1) is 35.9. The number of hydrogen-bond acceptors (Lipinski definition) is 12. The van der Waals surface area contributed by atoms with E-state index in [1.165, 1.54) is 12.1 Å². The second-order valence-corrected chi connectivity index (χ2v) is 15.6. The third-order valence-corrected chi connectivity index (χ3v) is 11.3. The molecule has 13 nitrogen and oxygen atoms in total. The summed E-state index contributed by atoms with van der Waals surface area (Å²) in [5.74, 6) is 1.49. The van der Waals surface area contributed by atoms with E-state index < -0.39 is 10.0 Å². The van der Waals surface area contributed by atoms with Gasteiger partial charge in [0.25, 0.3) is 10.0 Å². The number of hydrogen-bond donors (Lipinski definition) is 5. The molecule has 1 saturated carbocycles. The van der Waals surface area contributed by atoms with Crippen LogP contribution in [0.2, 0.25) is 5.02 Å². The summed E-state index contributed by atoms with van der Waals surface area (Å²) in [5.41, 5.74) is 3.70. The van der Waals surface area contributed by atoms with Gasteiger partial charge in [0.1, 0.15) is 5.01 Å². The van der Waals surface area contributed by atoms with Crippen LogP contribution in [0.25, 0.3) is 0 Å². The van der Waals surface area contributed by atoms with Gasteiger partial charge in [0.05, 0.1) is 4.90 Å². The van der Waals surface area contributed by atoms with E-state index in [9.17, 15) is 13.2 Å². The van der Waals surface area contributed by atoms with Crippen molar-refractivity contribution in [3.63, 3.8) is 0 Å². The van der Waals surface area contributed by atoms with Gasteiger partial charge >= 0.3 is 0 Å². The fourth-order valence-electron chi connectivity index (χ4n) is 5.75. The second-order valence-electron chi connectivity index (χ2n) is 12.4. The normalized spacial score (nSPS) is 15.9. The third-order valence-electron chi connectivity index (χ3n) is 8.69. The van der Waals surface area contributed by atoms with Crippen molar-refractivity contribution in [1.82, 2.24) is 25.1 Å². The Labute approximate surface area is 306 Å². The zero-order chi connectivity index (χ0) is 35.8. The number of benzene rings is 3. The van der Waals surface area contributed by atoms with Gasteiger partial charge in [0.15, 0.2) is 0 Å². The predicted molar refractivity (Wildman–Crippen MR) is 202 cm³/mol. The van der Waals surface area contributed by atoms with Crippen molar-refractivity contribution in [3.8, 4) is 0 Å². The summed E-state index contributed by atoms with van der Waals surface area (Å²) in [6.45, 7) is 5.46. The topological polar surface area (TPSA) is 176 Å². The molecule has 2 heterocycles. The molecule has 51 heavy (non-hydrogen) atoms. The SMILES string of the molecule is Cc1nnc(NS(=O)(=O)c2ccc(NC(=O)C3CCC(CNc4nc(NCc5ccccc5)nc(NCc5cccc(Cl)c5C)n4)CC3)cc2)s1. The Morgan fingerprint density at radius 1 is 0.804 bits per heavy atom. The monoisotopic (exact) mass is 746 g/mol. The van der Waals surface area contributed by atoms with Crippen LogP contribution in [0.3, 0.4) is 0 Å². The number of carbonyl (C=O) groups is 1. The van der Waals surface area contributed by atoms with E-state index in [-0.39, 0.29) is 21.9 Å². The lowest BCUT2D eigenvalue weighted by Crippen LogP contribution is -2.29. The molecule has 266 valence electrons. The van der Waals surface area contributed by atoms with Crippen molar-refractivity contribution < 1.29 is 13.2 Å². The molecule has 1 aliphatic rings. The van der Waals surface area contributed by atoms with Crippen molar-refractivity contribution in [3.05, 3.63) is 99.5 Å². The maximum Gasteiger partial charge on any atom is 0.263 e. The Bertz CT molecular complexity index is 2060. The quantitative estimate of drug-likeness (QED) is 0.0801. The summed E-state index contributed by atoms with van der Waals surface area (Å²) < 4.78 is 27.8. The molecule has 1 aliphatic carbocycles. The Morgan fingerprint density at radius 3 is 2.14 bits per heavy atom. The molecule has 0 atom stereocenters. The maximum absolute atomic E-state index is 13.1. The van der Waals surface area contributed by atoms with Crippen molar-refractivity contribution >= 4 is 67.5 Å². The number of amides is 1. The molecule has 0 aliphatic heterocycles. The van der Waals surface area contributed by atoms with E-state index in [2.05, 4.69) is 51.1 Å². The van der Waals surface area contributed by atoms with E-state index in [4.69, 9.17) is 11.6 Å². The first-order valence-electron chi connectivity index (χ1n) is 16.6. The van der Waals surface area contributed by atoms with Gasteiger partial charge in [-0.2, -0.15) is 15.0 Å². The molecule has 0 saturated heterocycles. The van der Waals surface area contributed by atoms with Crippen LogP contribution in [0.15, 0.2) is 77.7 Å². The lowest BCUT2D eigenvalue weighted by Gasteiger charge is -2.28. The number of carbonyl (C=O) groups excluding carboxylic acids is 1. The highest BCUT2D eigenvalue weighted by molar-refractivity contribution is 7.93. The molecule has 6 rings (SSSR count). The summed E-state index contributed by atoms with van der Waals surface area (Å²) in [4.78, 5) is 27.1. The molecular weight excluding hydrogens is 708 g/mol. The highest BCUT2D eigenvalue weighted by atomic mass is 35.5. The van der Waals surface area contributed by atoms with Crippen LogP contribution in [-0.2, 0) is 27.9 Å². The number of nitrogens with one attached hydrogen (secondary N) is 5. The molecule has 5 N–H and O–H groups in total. The molecule has 3 aromatic carbocycles. The second kappa shape index (κ2) is 16.4. The Kier molecular flexibility index (Phi) is 11.6. The van der Waals surface area contributed by atoms with Gasteiger partial charge in [-0.25, -0.2) is 8.42 Å². The molecule has 1 amide bonds. The number of sulfonamides is 1. The molecule has 0 unspecified atom stereocenters. The van der Waals surface area contributed by atoms with Gasteiger partial charge in [0.2, 0.25) is 28.9 Å². The molecular formula is C35H39ClN10O3S2. The minimum Gasteiger partial charge on any atom is -0.354 e. The van der Waals surface area contributed by atoms with Crippen LogP contribution >= 0.6 is 22.9 Å². The summed E-state index contributed by atoms with van der Waals surface area (Å²) in [7, 11) is -3.82. The summed E-state index contributed by atoms with van der Waals surface area (Å²) in [6, 6.07) is 21.9. The lowest BCUT2D eigenvalue weighted by atomic mass is 9.81. The van der Waals surface area contributed by atoms with Crippen LogP contribution in [-0.4, -0.2) is 46.0 Å². The zero-order valence-corrected chi connectivity index (χ0v) is 30.6. The summed E-state index contributed by atoms with van der Waals surface area (Å²) in [5, 5.41) is 22.2. The molecule has 16 heteroatoms. The van der Waals surface area contributed by atoms with E-state index in [0.717, 1.165) is 53.7 Å². The van der Waals surface area contributed by atoms with Crippen molar-refractivity contribution in [2.24, 2.45) is 11.8 Å². The number of nitrogens with zero attached hydrogens (tertiary/aromatic N) is 5. The standard InChI is InChI=1S/C35H39ClN10O3S2/c1-22-27(9-6-10-30(22)36)21-39-34-42-32(37-19-24-7-4-3-5-8-24)41-33(43-34)38-20-25-11-13-26(14-12-25)31(47)40-28-15-17-29(18-16-28)51(48,49)46-35-45-44-23(2)50-35/h3-10,15-18,25-26H,11-14,19-21H2,1-2H3,(H,40,47)(H,45,46)(H3,37,38,39,41,42,43). The van der Waals surface area contributed by atoms with Gasteiger partial charge < -0.3 is 21.3 Å². The largest absolute Gasteiger partial charge is 0.354 e. The van der Waals surface area contributed by atoms with E-state index in [0.29, 0.717) is 59.1 Å². The van der Waals surface area contributed by atoms with Crippen LogP contribution in [0.5, 0.6) is 0 Å². The van der Waals surface area contributed by atoms with E-state index >= 15 is 0 Å². The Balaban J connectivity index is 1.01. The van der Waals surface area contributed by atoms with Gasteiger partial charge in [-0.15, -0.1) is 10.2 Å². The summed E-state index contributed by atoms with van der Waals surface area (Å²) >= 11 is 7.48. The number of rotatable bonds is 14.